The number of carbonyl (C=O) groups excluding carboxylic acids is 1. The summed E-state index contributed by atoms with van der Waals surface area (Å²) in [5.41, 5.74) is 2.72. The lowest BCUT2D eigenvalue weighted by Crippen LogP contribution is -2.31. The van der Waals surface area contributed by atoms with E-state index in [4.69, 9.17) is 25.8 Å². The first-order chi connectivity index (χ1) is 12.3. The van der Waals surface area contributed by atoms with Crippen molar-refractivity contribution >= 4 is 17.5 Å². The summed E-state index contributed by atoms with van der Waals surface area (Å²) < 4.78 is 16.2. The van der Waals surface area contributed by atoms with Gasteiger partial charge in [0, 0.05) is 12.6 Å². The Hall–Kier alpha value is -2.40. The molecule has 6 heteroatoms. The van der Waals surface area contributed by atoms with Crippen LogP contribution in [0.3, 0.4) is 0 Å². The normalized spacial score (nSPS) is 10.4. The summed E-state index contributed by atoms with van der Waals surface area (Å²) >= 11 is 6.18. The SMILES string of the molecule is COc1cc(C(=O)N(C)CCOc2cc(C)cc(C)c2)cc(Cl)c1OC. The first-order valence-corrected chi connectivity index (χ1v) is 8.61. The van der Waals surface area contributed by atoms with Crippen molar-refractivity contribution in [1.29, 1.82) is 0 Å². The van der Waals surface area contributed by atoms with Gasteiger partial charge in [-0.15, -0.1) is 0 Å². The number of ether oxygens (including phenoxy) is 3. The van der Waals surface area contributed by atoms with Crippen LogP contribution in [0.15, 0.2) is 30.3 Å². The topological polar surface area (TPSA) is 48.0 Å². The number of methoxy groups -OCH3 is 2. The zero-order chi connectivity index (χ0) is 19.3. The number of likely N-dealkylation sites (N-methyl/N-ethyl adjacent to an activating group) is 1. The van der Waals surface area contributed by atoms with E-state index in [0.29, 0.717) is 35.2 Å². The molecule has 0 saturated heterocycles. The number of amides is 1. The molecule has 0 atom stereocenters. The molecule has 140 valence electrons. The summed E-state index contributed by atoms with van der Waals surface area (Å²) in [6.45, 7) is 4.89. The lowest BCUT2D eigenvalue weighted by atomic mass is 10.1. The zero-order valence-corrected chi connectivity index (χ0v) is 16.5. The van der Waals surface area contributed by atoms with Gasteiger partial charge in [0.25, 0.3) is 5.91 Å². The van der Waals surface area contributed by atoms with Gasteiger partial charge in [-0.05, 0) is 49.2 Å². The van der Waals surface area contributed by atoms with Crippen LogP contribution in [0.2, 0.25) is 5.02 Å². The van der Waals surface area contributed by atoms with E-state index in [0.717, 1.165) is 16.9 Å². The highest BCUT2D eigenvalue weighted by atomic mass is 35.5. The van der Waals surface area contributed by atoms with Crippen LogP contribution in [0.25, 0.3) is 0 Å². The van der Waals surface area contributed by atoms with E-state index in [-0.39, 0.29) is 5.91 Å². The number of benzene rings is 2. The fourth-order valence-corrected chi connectivity index (χ4v) is 2.97. The van der Waals surface area contributed by atoms with Gasteiger partial charge in [0.1, 0.15) is 12.4 Å². The minimum absolute atomic E-state index is 0.170. The second-order valence-electron chi connectivity index (χ2n) is 6.09. The minimum atomic E-state index is -0.170. The molecule has 2 rings (SSSR count). The highest BCUT2D eigenvalue weighted by Crippen LogP contribution is 2.36. The zero-order valence-electron chi connectivity index (χ0n) is 15.8. The van der Waals surface area contributed by atoms with Gasteiger partial charge in [-0.1, -0.05) is 17.7 Å². The Kier molecular flexibility index (Phi) is 6.75. The molecule has 2 aromatic rings. The van der Waals surface area contributed by atoms with Crippen LogP contribution in [-0.4, -0.2) is 45.2 Å². The summed E-state index contributed by atoms with van der Waals surface area (Å²) in [4.78, 5) is 14.2. The summed E-state index contributed by atoms with van der Waals surface area (Å²) in [5, 5.41) is 0.329. The van der Waals surface area contributed by atoms with E-state index >= 15 is 0 Å². The Labute approximate surface area is 159 Å². The lowest BCUT2D eigenvalue weighted by molar-refractivity contribution is 0.0773. The average molecular weight is 378 g/mol. The number of halogens is 1. The van der Waals surface area contributed by atoms with Crippen molar-refractivity contribution in [3.63, 3.8) is 0 Å². The molecule has 5 nitrogen and oxygen atoms in total. The van der Waals surface area contributed by atoms with Crippen molar-refractivity contribution in [3.8, 4) is 17.2 Å². The number of hydrogen-bond acceptors (Lipinski definition) is 4. The number of hydrogen-bond donors (Lipinski definition) is 0. The minimum Gasteiger partial charge on any atom is -0.493 e. The Morgan fingerprint density at radius 3 is 2.27 bits per heavy atom. The van der Waals surface area contributed by atoms with Crippen LogP contribution in [0.4, 0.5) is 0 Å². The summed E-state index contributed by atoms with van der Waals surface area (Å²) in [5.74, 6) is 1.46. The summed E-state index contributed by atoms with van der Waals surface area (Å²) in [6.07, 6.45) is 0. The van der Waals surface area contributed by atoms with E-state index in [9.17, 15) is 4.79 Å². The van der Waals surface area contributed by atoms with E-state index in [1.807, 2.05) is 26.0 Å². The molecular formula is C20H24ClNO4. The predicted octanol–water partition coefficient (Wildman–Crippen LogP) is 4.13. The first kappa shape index (κ1) is 19.9. The average Bonchev–Trinajstić information content (AvgIpc) is 2.59. The smallest absolute Gasteiger partial charge is 0.253 e. The fraction of sp³-hybridized carbons (Fsp3) is 0.350. The molecule has 1 amide bonds. The molecule has 0 N–H and O–H groups in total. The van der Waals surface area contributed by atoms with Crippen molar-refractivity contribution in [2.45, 2.75) is 13.8 Å². The van der Waals surface area contributed by atoms with E-state index in [1.54, 1.807) is 24.1 Å². The standard InChI is InChI=1S/C20H24ClNO4/c1-13-8-14(2)10-16(9-13)26-7-6-22(3)20(23)15-11-17(21)19(25-5)18(12-15)24-4/h8-12H,6-7H2,1-5H3. The molecule has 0 saturated carbocycles. The maximum atomic E-state index is 12.6. The monoisotopic (exact) mass is 377 g/mol. The number of nitrogens with zero attached hydrogens (tertiary/aromatic N) is 1. The molecule has 0 aliphatic rings. The molecule has 26 heavy (non-hydrogen) atoms. The van der Waals surface area contributed by atoms with Crippen molar-refractivity contribution in [1.82, 2.24) is 4.90 Å². The lowest BCUT2D eigenvalue weighted by Gasteiger charge is -2.19. The fourth-order valence-electron chi connectivity index (χ4n) is 2.68. The van der Waals surface area contributed by atoms with Gasteiger partial charge in [-0.2, -0.15) is 0 Å². The Balaban J connectivity index is 2.02. The highest BCUT2D eigenvalue weighted by molar-refractivity contribution is 6.32. The van der Waals surface area contributed by atoms with E-state index < -0.39 is 0 Å². The third-order valence-electron chi connectivity index (χ3n) is 3.92. The maximum Gasteiger partial charge on any atom is 0.253 e. The van der Waals surface area contributed by atoms with Crippen LogP contribution in [0, 0.1) is 13.8 Å². The molecule has 0 aromatic heterocycles. The van der Waals surface area contributed by atoms with Crippen molar-refractivity contribution in [3.05, 3.63) is 52.0 Å². The molecule has 0 aliphatic carbocycles. The largest absolute Gasteiger partial charge is 0.493 e. The summed E-state index contributed by atoms with van der Waals surface area (Å²) in [7, 11) is 4.73. The van der Waals surface area contributed by atoms with Crippen molar-refractivity contribution in [2.24, 2.45) is 0 Å². The quantitative estimate of drug-likeness (QED) is 0.728. The molecule has 0 aliphatic heterocycles. The molecule has 0 spiro atoms. The molecule has 0 radical (unpaired) electrons. The van der Waals surface area contributed by atoms with Crippen LogP contribution < -0.4 is 14.2 Å². The number of rotatable bonds is 7. The Morgan fingerprint density at radius 1 is 1.04 bits per heavy atom. The number of carbonyl (C=O) groups is 1. The van der Waals surface area contributed by atoms with Crippen LogP contribution in [0.5, 0.6) is 17.2 Å². The van der Waals surface area contributed by atoms with Gasteiger partial charge in [0.2, 0.25) is 0 Å². The second kappa shape index (κ2) is 8.81. The Bertz CT molecular complexity index is 771. The van der Waals surface area contributed by atoms with Gasteiger partial charge >= 0.3 is 0 Å². The second-order valence-corrected chi connectivity index (χ2v) is 6.50. The maximum absolute atomic E-state index is 12.6. The third kappa shape index (κ3) is 4.82. The molecule has 0 fully saturated rings. The van der Waals surface area contributed by atoms with Crippen molar-refractivity contribution in [2.75, 3.05) is 34.4 Å². The van der Waals surface area contributed by atoms with Gasteiger partial charge in [-0.3, -0.25) is 4.79 Å². The van der Waals surface area contributed by atoms with E-state index in [1.165, 1.54) is 14.2 Å². The van der Waals surface area contributed by atoms with E-state index in [2.05, 4.69) is 6.07 Å². The predicted molar refractivity (Wildman–Crippen MR) is 103 cm³/mol. The van der Waals surface area contributed by atoms with Crippen LogP contribution in [0.1, 0.15) is 21.5 Å². The molecule has 0 unspecified atom stereocenters. The highest BCUT2D eigenvalue weighted by Gasteiger charge is 2.18. The van der Waals surface area contributed by atoms with Crippen molar-refractivity contribution < 1.29 is 19.0 Å². The van der Waals surface area contributed by atoms with Gasteiger partial charge < -0.3 is 19.1 Å². The van der Waals surface area contributed by atoms with Crippen LogP contribution >= 0.6 is 11.6 Å². The molecular weight excluding hydrogens is 354 g/mol. The van der Waals surface area contributed by atoms with Gasteiger partial charge in [-0.25, -0.2) is 0 Å². The number of aryl methyl sites for hydroxylation is 2. The third-order valence-corrected chi connectivity index (χ3v) is 4.20. The molecule has 0 heterocycles. The Morgan fingerprint density at radius 2 is 1.69 bits per heavy atom. The van der Waals surface area contributed by atoms with Gasteiger partial charge in [0.15, 0.2) is 11.5 Å². The van der Waals surface area contributed by atoms with Crippen LogP contribution in [-0.2, 0) is 0 Å². The molecule has 0 bridgehead atoms. The molecule has 2 aromatic carbocycles. The summed E-state index contributed by atoms with van der Waals surface area (Å²) in [6, 6.07) is 9.23. The first-order valence-electron chi connectivity index (χ1n) is 8.23. The van der Waals surface area contributed by atoms with Gasteiger partial charge in [0.05, 0.1) is 25.8 Å².